The minimum Gasteiger partial charge on any atom is -0.310 e. The van der Waals surface area contributed by atoms with Gasteiger partial charge in [-0.2, -0.15) is 0 Å². The van der Waals surface area contributed by atoms with E-state index in [1.165, 1.54) is 75.4 Å². The van der Waals surface area contributed by atoms with Gasteiger partial charge in [0, 0.05) is 60.4 Å². The lowest BCUT2D eigenvalue weighted by molar-refractivity contribution is 1.18. The van der Waals surface area contributed by atoms with Crippen molar-refractivity contribution in [2.45, 2.75) is 0 Å². The van der Waals surface area contributed by atoms with Crippen molar-refractivity contribution in [1.82, 2.24) is 4.57 Å². The number of thiophene rings is 1. The summed E-state index contributed by atoms with van der Waals surface area (Å²) in [6.45, 7) is 0. The Hall–Kier alpha value is -8.96. The van der Waals surface area contributed by atoms with Gasteiger partial charge in [0.2, 0.25) is 0 Å². The van der Waals surface area contributed by atoms with Gasteiger partial charge in [0.25, 0.3) is 0 Å². The highest BCUT2D eigenvalue weighted by Crippen LogP contribution is 2.51. The van der Waals surface area contributed by atoms with E-state index in [0.717, 1.165) is 39.8 Å². The van der Waals surface area contributed by atoms with Crippen molar-refractivity contribution in [3.05, 3.63) is 273 Å². The van der Waals surface area contributed by atoms with Gasteiger partial charge in [-0.3, -0.25) is 0 Å². The molecular weight excluding hydrogens is 867 g/mol. The van der Waals surface area contributed by atoms with Crippen LogP contribution in [0.3, 0.4) is 0 Å². The third-order valence-corrected chi connectivity index (χ3v) is 14.7. The second kappa shape index (κ2) is 17.6. The largest absolute Gasteiger partial charge is 0.310 e. The summed E-state index contributed by atoms with van der Waals surface area (Å²) in [5.74, 6) is 0. The van der Waals surface area contributed by atoms with Gasteiger partial charge in [-0.05, 0) is 124 Å². The summed E-state index contributed by atoms with van der Waals surface area (Å²) < 4.78 is 4.87. The van der Waals surface area contributed by atoms with Gasteiger partial charge in [-0.25, -0.2) is 0 Å². The molecular formula is C66H45N3S. The van der Waals surface area contributed by atoms with Gasteiger partial charge < -0.3 is 14.4 Å². The normalized spacial score (nSPS) is 11.4. The topological polar surface area (TPSA) is 11.4 Å². The Balaban J connectivity index is 1.08. The molecule has 2 heterocycles. The summed E-state index contributed by atoms with van der Waals surface area (Å²) in [7, 11) is 0. The lowest BCUT2D eigenvalue weighted by Gasteiger charge is -2.30. The number of fused-ring (bicyclic) bond motifs is 6. The average molecular weight is 912 g/mol. The zero-order valence-electron chi connectivity index (χ0n) is 38.2. The van der Waals surface area contributed by atoms with Gasteiger partial charge in [-0.1, -0.05) is 182 Å². The minimum atomic E-state index is 1.07. The van der Waals surface area contributed by atoms with E-state index in [0.29, 0.717) is 0 Å². The highest BCUT2D eigenvalue weighted by molar-refractivity contribution is 7.26. The summed E-state index contributed by atoms with van der Waals surface area (Å²) in [4.78, 5) is 4.86. The van der Waals surface area contributed by atoms with Crippen LogP contribution in [0.15, 0.2) is 273 Å². The minimum absolute atomic E-state index is 1.07. The Morgan fingerprint density at radius 1 is 0.300 bits per heavy atom. The highest BCUT2D eigenvalue weighted by Gasteiger charge is 2.24. The second-order valence-electron chi connectivity index (χ2n) is 17.7. The van der Waals surface area contributed by atoms with E-state index in [-0.39, 0.29) is 0 Å². The Kier molecular flexibility index (Phi) is 10.4. The van der Waals surface area contributed by atoms with Crippen LogP contribution in [-0.4, -0.2) is 4.57 Å². The molecule has 0 aliphatic carbocycles. The Bertz CT molecular complexity index is 3960. The molecule has 3 nitrogen and oxygen atoms in total. The predicted octanol–water partition coefficient (Wildman–Crippen LogP) is 19.1. The maximum Gasteiger partial charge on any atom is 0.0661 e. The maximum absolute atomic E-state index is 2.45. The molecule has 13 rings (SSSR count). The predicted molar refractivity (Wildman–Crippen MR) is 299 cm³/mol. The van der Waals surface area contributed by atoms with Gasteiger partial charge >= 0.3 is 0 Å². The number of hydrogen-bond acceptors (Lipinski definition) is 3. The smallest absolute Gasteiger partial charge is 0.0661 e. The van der Waals surface area contributed by atoms with Crippen molar-refractivity contribution in [3.63, 3.8) is 0 Å². The molecule has 11 aromatic carbocycles. The molecule has 70 heavy (non-hydrogen) atoms. The fourth-order valence-corrected chi connectivity index (χ4v) is 11.5. The average Bonchev–Trinajstić information content (AvgIpc) is 3.99. The molecule has 0 unspecified atom stereocenters. The van der Waals surface area contributed by atoms with Crippen molar-refractivity contribution in [2.75, 3.05) is 9.80 Å². The first-order valence-corrected chi connectivity index (χ1v) is 24.6. The van der Waals surface area contributed by atoms with Gasteiger partial charge in [0.15, 0.2) is 0 Å². The highest BCUT2D eigenvalue weighted by atomic mass is 32.1. The summed E-state index contributed by atoms with van der Waals surface area (Å²) in [5, 5.41) is 4.93. The molecule has 2 aromatic heterocycles. The monoisotopic (exact) mass is 911 g/mol. The summed E-state index contributed by atoms with van der Waals surface area (Å²) in [6.07, 6.45) is 0. The van der Waals surface area contributed by atoms with Crippen molar-refractivity contribution >= 4 is 87.4 Å². The second-order valence-corrected chi connectivity index (χ2v) is 18.8. The number of aromatic nitrogens is 1. The Morgan fingerprint density at radius 3 is 1.41 bits per heavy atom. The number of anilines is 6. The van der Waals surface area contributed by atoms with Crippen LogP contribution in [0.25, 0.3) is 81.0 Å². The molecule has 13 aromatic rings. The van der Waals surface area contributed by atoms with Crippen LogP contribution < -0.4 is 9.80 Å². The van der Waals surface area contributed by atoms with Crippen molar-refractivity contribution in [2.24, 2.45) is 0 Å². The molecule has 0 saturated carbocycles. The lowest BCUT2D eigenvalue weighted by Crippen LogP contribution is -2.13. The third-order valence-electron chi connectivity index (χ3n) is 13.6. The first-order valence-electron chi connectivity index (χ1n) is 23.8. The molecule has 330 valence electrons. The van der Waals surface area contributed by atoms with E-state index in [9.17, 15) is 0 Å². The van der Waals surface area contributed by atoms with E-state index in [1.54, 1.807) is 0 Å². The van der Waals surface area contributed by atoms with Crippen molar-refractivity contribution in [1.29, 1.82) is 0 Å². The van der Waals surface area contributed by atoms with E-state index in [4.69, 9.17) is 0 Å². The molecule has 0 aliphatic rings. The lowest BCUT2D eigenvalue weighted by atomic mass is 9.97. The number of para-hydroxylation sites is 4. The van der Waals surface area contributed by atoms with E-state index >= 15 is 0 Å². The van der Waals surface area contributed by atoms with E-state index in [2.05, 4.69) is 287 Å². The van der Waals surface area contributed by atoms with Gasteiger partial charge in [0.1, 0.15) is 0 Å². The van der Waals surface area contributed by atoms with Crippen molar-refractivity contribution in [3.8, 4) is 39.1 Å². The van der Waals surface area contributed by atoms with Crippen LogP contribution in [0, 0.1) is 0 Å². The Morgan fingerprint density at radius 2 is 0.786 bits per heavy atom. The third kappa shape index (κ3) is 7.30. The van der Waals surface area contributed by atoms with Crippen LogP contribution in [0.4, 0.5) is 34.1 Å². The van der Waals surface area contributed by atoms with Crippen LogP contribution in [0.2, 0.25) is 0 Å². The molecule has 0 aliphatic heterocycles. The zero-order valence-corrected chi connectivity index (χ0v) is 39.0. The van der Waals surface area contributed by atoms with E-state index < -0.39 is 0 Å². The van der Waals surface area contributed by atoms with Crippen LogP contribution in [0.5, 0.6) is 0 Å². The number of hydrogen-bond donors (Lipinski definition) is 0. The van der Waals surface area contributed by atoms with Crippen LogP contribution in [-0.2, 0) is 0 Å². The number of rotatable bonds is 10. The molecule has 0 spiro atoms. The molecule has 0 fully saturated rings. The first-order chi connectivity index (χ1) is 34.7. The maximum atomic E-state index is 2.45. The molecule has 0 saturated heterocycles. The summed E-state index contributed by atoms with van der Waals surface area (Å²) in [6, 6.07) is 99.1. The molecule has 0 atom stereocenters. The quantitative estimate of drug-likeness (QED) is 0.135. The fourth-order valence-electron chi connectivity index (χ4n) is 10.3. The Labute approximate surface area is 411 Å². The van der Waals surface area contributed by atoms with Gasteiger partial charge in [-0.15, -0.1) is 11.3 Å². The molecule has 4 heteroatoms. The van der Waals surface area contributed by atoms with Crippen LogP contribution in [0.1, 0.15) is 0 Å². The standard InChI is InChI=1S/C66H45N3S/c1-6-19-46(20-7-1)48-33-38-54(39-34-48)67(51-23-10-3-11-24-51)56-44-60-65-57(50-37-42-59-58-29-16-17-31-61(58)69(62(59)43-50)53-27-14-5-15-28-53)30-18-32-64(65)70-66(60)63(45-56)68(52-25-12-4-13-26-52)55-40-35-49(36-41-55)47-21-8-2-9-22-47/h1-45H. The SMILES string of the molecule is c1ccc(-c2ccc(N(c3ccccc3)c3cc(N(c4ccccc4)c4ccc(-c5ccccc5)cc4)c4sc5cccc(-c6ccc7c8ccccc8n(-c8ccccc8)c7c6)c5c4c3)cc2)cc1. The fraction of sp³-hybridized carbons (Fsp3) is 0. The first kappa shape index (κ1) is 41.2. The zero-order chi connectivity index (χ0) is 46.4. The number of benzene rings is 11. The van der Waals surface area contributed by atoms with Crippen LogP contribution >= 0.6 is 11.3 Å². The molecule has 0 amide bonds. The molecule has 0 radical (unpaired) electrons. The van der Waals surface area contributed by atoms with E-state index in [1.807, 2.05) is 11.3 Å². The number of nitrogens with zero attached hydrogens (tertiary/aromatic N) is 3. The summed E-state index contributed by atoms with van der Waals surface area (Å²) >= 11 is 1.87. The van der Waals surface area contributed by atoms with Gasteiger partial charge in [0.05, 0.1) is 21.4 Å². The van der Waals surface area contributed by atoms with Crippen molar-refractivity contribution < 1.29 is 0 Å². The molecule has 0 N–H and O–H groups in total. The summed E-state index contributed by atoms with van der Waals surface area (Å²) in [5.41, 5.74) is 17.2. The molecule has 0 bridgehead atoms.